The summed E-state index contributed by atoms with van der Waals surface area (Å²) in [7, 11) is 0. The molecule has 1 atom stereocenters. The second-order valence-electron chi connectivity index (χ2n) is 9.53. The highest BCUT2D eigenvalue weighted by Crippen LogP contribution is 2.33. The van der Waals surface area contributed by atoms with E-state index < -0.39 is 0 Å². The molecule has 4 aromatic rings. The minimum absolute atomic E-state index is 0.0346. The fourth-order valence-electron chi connectivity index (χ4n) is 4.89. The second-order valence-corrected chi connectivity index (χ2v) is 10.4. The Balaban J connectivity index is 1.45. The lowest BCUT2D eigenvalue weighted by Gasteiger charge is -2.28. The second kappa shape index (κ2) is 10.3. The summed E-state index contributed by atoms with van der Waals surface area (Å²) in [6.07, 6.45) is 0.367. The van der Waals surface area contributed by atoms with Gasteiger partial charge in [-0.1, -0.05) is 58.4 Å². The third kappa shape index (κ3) is 4.93. The van der Waals surface area contributed by atoms with E-state index in [2.05, 4.69) is 15.9 Å². The molecule has 1 fully saturated rings. The summed E-state index contributed by atoms with van der Waals surface area (Å²) in [6.45, 7) is 5.36. The summed E-state index contributed by atoms with van der Waals surface area (Å²) in [5, 5.41) is 0. The molecule has 0 spiro atoms. The zero-order valence-electron chi connectivity index (χ0n) is 20.5. The van der Waals surface area contributed by atoms with Crippen molar-refractivity contribution < 1.29 is 9.59 Å². The Morgan fingerprint density at radius 1 is 1.03 bits per heavy atom. The van der Waals surface area contributed by atoms with E-state index >= 15 is 0 Å². The molecule has 7 heteroatoms. The van der Waals surface area contributed by atoms with Crippen LogP contribution in [0, 0.1) is 0 Å². The number of nitrogens with zero attached hydrogens (tertiary/aromatic N) is 4. The lowest BCUT2D eigenvalue weighted by molar-refractivity contribution is -0.134. The third-order valence-corrected chi connectivity index (χ3v) is 7.27. The number of hydrogen-bond donors (Lipinski definition) is 0. The minimum atomic E-state index is -0.0945. The summed E-state index contributed by atoms with van der Waals surface area (Å²) >= 11 is 3.46. The maximum atomic E-state index is 13.6. The molecule has 3 aromatic carbocycles. The molecule has 1 unspecified atom stereocenters. The standard InChI is InChI=1S/C29H29BrN4O2/c1-20(2)32(17-21-8-4-3-5-9-21)28(36)19-34-26-11-7-6-10-25(26)31-29(34)22-16-27(35)33(18-22)24-14-12-23(30)13-15-24/h3-15,20,22H,16-19H2,1-2H3. The maximum Gasteiger partial charge on any atom is 0.243 e. The Labute approximate surface area is 219 Å². The van der Waals surface area contributed by atoms with Crippen molar-refractivity contribution in [2.45, 2.75) is 45.3 Å². The van der Waals surface area contributed by atoms with Crippen molar-refractivity contribution in [3.05, 3.63) is 94.7 Å². The number of aromatic nitrogens is 2. The van der Waals surface area contributed by atoms with Crippen LogP contribution in [0.25, 0.3) is 11.0 Å². The predicted octanol–water partition coefficient (Wildman–Crippen LogP) is 5.76. The molecular weight excluding hydrogens is 516 g/mol. The Morgan fingerprint density at radius 3 is 2.44 bits per heavy atom. The van der Waals surface area contributed by atoms with Crippen LogP contribution in [0.15, 0.2) is 83.3 Å². The Morgan fingerprint density at radius 2 is 1.72 bits per heavy atom. The number of carbonyl (C=O) groups is 2. The third-order valence-electron chi connectivity index (χ3n) is 6.75. The number of amides is 2. The van der Waals surface area contributed by atoms with E-state index in [1.165, 1.54) is 0 Å². The SMILES string of the molecule is CC(C)N(Cc1ccccc1)C(=O)Cn1c(C2CC(=O)N(c3ccc(Br)cc3)C2)nc2ccccc21. The number of benzene rings is 3. The van der Waals surface area contributed by atoms with E-state index in [0.29, 0.717) is 19.5 Å². The molecule has 184 valence electrons. The molecule has 2 amide bonds. The molecule has 1 aromatic heterocycles. The molecule has 2 heterocycles. The number of para-hydroxylation sites is 2. The first-order valence-electron chi connectivity index (χ1n) is 12.2. The van der Waals surface area contributed by atoms with E-state index in [1.807, 2.05) is 107 Å². The number of rotatable bonds is 7. The van der Waals surface area contributed by atoms with E-state index in [1.54, 1.807) is 0 Å². The molecule has 1 aliphatic rings. The fourth-order valence-corrected chi connectivity index (χ4v) is 5.15. The lowest BCUT2D eigenvalue weighted by Crippen LogP contribution is -2.39. The highest BCUT2D eigenvalue weighted by Gasteiger charge is 2.35. The van der Waals surface area contributed by atoms with Crippen molar-refractivity contribution in [1.82, 2.24) is 14.5 Å². The van der Waals surface area contributed by atoms with Gasteiger partial charge in [-0.2, -0.15) is 0 Å². The molecular formula is C29H29BrN4O2. The fraction of sp³-hybridized carbons (Fsp3) is 0.276. The highest BCUT2D eigenvalue weighted by molar-refractivity contribution is 9.10. The van der Waals surface area contributed by atoms with E-state index in [-0.39, 0.29) is 30.3 Å². The molecule has 1 aliphatic heterocycles. The first-order valence-corrected chi connectivity index (χ1v) is 13.0. The van der Waals surface area contributed by atoms with Crippen molar-refractivity contribution in [2.75, 3.05) is 11.4 Å². The molecule has 1 saturated heterocycles. The summed E-state index contributed by atoms with van der Waals surface area (Å²) in [5.41, 5.74) is 3.73. The Kier molecular flexibility index (Phi) is 6.92. The van der Waals surface area contributed by atoms with Gasteiger partial charge in [-0.15, -0.1) is 0 Å². The van der Waals surface area contributed by atoms with Crippen LogP contribution in [0.3, 0.4) is 0 Å². The predicted molar refractivity (Wildman–Crippen MR) is 146 cm³/mol. The monoisotopic (exact) mass is 544 g/mol. The number of carbonyl (C=O) groups excluding carboxylic acids is 2. The van der Waals surface area contributed by atoms with Crippen LogP contribution in [0.1, 0.15) is 37.6 Å². The molecule has 0 bridgehead atoms. The average Bonchev–Trinajstić information content (AvgIpc) is 3.44. The van der Waals surface area contributed by atoms with Crippen LogP contribution in [-0.2, 0) is 22.7 Å². The van der Waals surface area contributed by atoms with Crippen molar-refractivity contribution in [3.8, 4) is 0 Å². The van der Waals surface area contributed by atoms with E-state index in [4.69, 9.17) is 4.98 Å². The minimum Gasteiger partial charge on any atom is -0.334 e. The van der Waals surface area contributed by atoms with E-state index in [0.717, 1.165) is 32.6 Å². The van der Waals surface area contributed by atoms with E-state index in [9.17, 15) is 9.59 Å². The van der Waals surface area contributed by atoms with Gasteiger partial charge < -0.3 is 14.4 Å². The van der Waals surface area contributed by atoms with Gasteiger partial charge >= 0.3 is 0 Å². The number of anilines is 1. The normalized spacial score (nSPS) is 15.7. The topological polar surface area (TPSA) is 58.4 Å². The molecule has 36 heavy (non-hydrogen) atoms. The van der Waals surface area contributed by atoms with Crippen LogP contribution in [0.4, 0.5) is 5.69 Å². The summed E-state index contributed by atoms with van der Waals surface area (Å²) in [5.74, 6) is 0.802. The number of hydrogen-bond acceptors (Lipinski definition) is 3. The van der Waals surface area contributed by atoms with Gasteiger partial charge in [-0.25, -0.2) is 4.98 Å². The number of fused-ring (bicyclic) bond motifs is 1. The van der Waals surface area contributed by atoms with Crippen molar-refractivity contribution >= 4 is 44.5 Å². The summed E-state index contributed by atoms with van der Waals surface area (Å²) < 4.78 is 2.99. The number of halogens is 1. The Bertz CT molecular complexity index is 1380. The maximum absolute atomic E-state index is 13.6. The molecule has 0 saturated carbocycles. The van der Waals surface area contributed by atoms with Gasteiger partial charge in [0.05, 0.1) is 11.0 Å². The number of imidazole rings is 1. The summed E-state index contributed by atoms with van der Waals surface area (Å²) in [4.78, 5) is 35.3. The van der Waals surface area contributed by atoms with Crippen LogP contribution < -0.4 is 4.90 Å². The molecule has 6 nitrogen and oxygen atoms in total. The first-order chi connectivity index (χ1) is 17.4. The van der Waals surface area contributed by atoms with Gasteiger partial charge in [0.2, 0.25) is 11.8 Å². The summed E-state index contributed by atoms with van der Waals surface area (Å²) in [6, 6.07) is 25.8. The van der Waals surface area contributed by atoms with Crippen LogP contribution in [-0.4, -0.2) is 38.9 Å². The molecule has 0 radical (unpaired) electrons. The zero-order chi connectivity index (χ0) is 25.2. The van der Waals surface area contributed by atoms with Crippen LogP contribution >= 0.6 is 15.9 Å². The molecule has 0 aliphatic carbocycles. The van der Waals surface area contributed by atoms with Gasteiger partial charge in [0.1, 0.15) is 12.4 Å². The van der Waals surface area contributed by atoms with Gasteiger partial charge in [0, 0.05) is 41.6 Å². The van der Waals surface area contributed by atoms with Crippen molar-refractivity contribution in [3.63, 3.8) is 0 Å². The van der Waals surface area contributed by atoms with Gasteiger partial charge in [-0.05, 0) is 55.8 Å². The van der Waals surface area contributed by atoms with Gasteiger partial charge in [0.25, 0.3) is 0 Å². The van der Waals surface area contributed by atoms with Gasteiger partial charge in [-0.3, -0.25) is 9.59 Å². The Hall–Kier alpha value is -3.45. The van der Waals surface area contributed by atoms with Crippen molar-refractivity contribution in [1.29, 1.82) is 0 Å². The van der Waals surface area contributed by atoms with Crippen LogP contribution in [0.2, 0.25) is 0 Å². The average molecular weight is 545 g/mol. The first kappa shape index (κ1) is 24.3. The smallest absolute Gasteiger partial charge is 0.243 e. The largest absolute Gasteiger partial charge is 0.334 e. The van der Waals surface area contributed by atoms with Crippen LogP contribution in [0.5, 0.6) is 0 Å². The molecule has 5 rings (SSSR count). The van der Waals surface area contributed by atoms with Gasteiger partial charge in [0.15, 0.2) is 0 Å². The lowest BCUT2D eigenvalue weighted by atomic mass is 10.1. The van der Waals surface area contributed by atoms with Crippen molar-refractivity contribution in [2.24, 2.45) is 0 Å². The zero-order valence-corrected chi connectivity index (χ0v) is 22.1. The quantitative estimate of drug-likeness (QED) is 0.297. The molecule has 0 N–H and O–H groups in total. The highest BCUT2D eigenvalue weighted by atomic mass is 79.9.